The van der Waals surface area contributed by atoms with Crippen LogP contribution in [-0.4, -0.2) is 19.6 Å². The molecule has 0 saturated carbocycles. The summed E-state index contributed by atoms with van der Waals surface area (Å²) in [6, 6.07) is 9.96. The van der Waals surface area contributed by atoms with Crippen molar-refractivity contribution >= 4 is 0 Å². The van der Waals surface area contributed by atoms with Crippen LogP contribution in [0.5, 0.6) is 5.88 Å². The highest BCUT2D eigenvalue weighted by molar-refractivity contribution is 5.62. The molecule has 1 aromatic rings. The van der Waals surface area contributed by atoms with Crippen LogP contribution in [0.25, 0.3) is 11.4 Å². The number of aromatic hydroxyl groups is 1. The largest absolute Gasteiger partial charge is 0.494 e. The van der Waals surface area contributed by atoms with Gasteiger partial charge in [-0.05, 0) is 23.6 Å². The molecule has 2 aliphatic heterocycles. The van der Waals surface area contributed by atoms with E-state index in [9.17, 15) is 5.11 Å². The summed E-state index contributed by atoms with van der Waals surface area (Å²) < 4.78 is 1.74. The van der Waals surface area contributed by atoms with Gasteiger partial charge in [-0.3, -0.25) is 0 Å². The molecule has 0 bridgehead atoms. The average Bonchev–Trinajstić information content (AvgIpc) is 2.96. The molecule has 0 unspecified atom stereocenters. The Bertz CT molecular complexity index is 675. The summed E-state index contributed by atoms with van der Waals surface area (Å²) in [5.41, 5.74) is 8.59. The molecule has 0 amide bonds. The highest BCUT2D eigenvalue weighted by Gasteiger charge is 2.13. The molecule has 0 atom stereocenters. The van der Waals surface area contributed by atoms with Gasteiger partial charge >= 0.3 is 0 Å². The molecule has 2 heterocycles. The lowest BCUT2D eigenvalue weighted by atomic mass is 10.1. The molecular weight excluding hydrogens is 252 g/mol. The van der Waals surface area contributed by atoms with Crippen molar-refractivity contribution in [3.63, 3.8) is 0 Å². The second kappa shape index (κ2) is 5.30. The first-order valence-corrected chi connectivity index (χ1v) is 6.54. The first kappa shape index (κ1) is 12.6. The number of aryl methyl sites for hydroxylation is 2. The number of hydrogen-bond acceptors (Lipinski definition) is 4. The maximum absolute atomic E-state index is 10.2. The van der Waals surface area contributed by atoms with E-state index in [-0.39, 0.29) is 5.88 Å². The summed E-state index contributed by atoms with van der Waals surface area (Å²) in [7, 11) is 0. The van der Waals surface area contributed by atoms with Crippen molar-refractivity contribution in [1.82, 2.24) is 14.5 Å². The third kappa shape index (κ3) is 2.35. The van der Waals surface area contributed by atoms with Crippen molar-refractivity contribution in [2.75, 3.05) is 0 Å². The van der Waals surface area contributed by atoms with Crippen molar-refractivity contribution in [3.05, 3.63) is 54.0 Å². The van der Waals surface area contributed by atoms with Gasteiger partial charge in [0.2, 0.25) is 5.88 Å². The summed E-state index contributed by atoms with van der Waals surface area (Å²) in [5.74, 6) is 0.789. The average molecular weight is 268 g/mol. The van der Waals surface area contributed by atoms with E-state index < -0.39 is 0 Å². The van der Waals surface area contributed by atoms with E-state index in [0.29, 0.717) is 24.5 Å². The lowest BCUT2D eigenvalue weighted by molar-refractivity contribution is 0.410. The van der Waals surface area contributed by atoms with Crippen LogP contribution >= 0.6 is 0 Å². The van der Waals surface area contributed by atoms with Crippen molar-refractivity contribution in [3.8, 4) is 17.3 Å². The van der Waals surface area contributed by atoms with Gasteiger partial charge < -0.3 is 15.4 Å². The predicted octanol–water partition coefficient (Wildman–Crippen LogP) is 1.79. The van der Waals surface area contributed by atoms with Gasteiger partial charge in [0.1, 0.15) is 0 Å². The highest BCUT2D eigenvalue weighted by atomic mass is 16.3. The Hall–Kier alpha value is -2.40. The molecule has 5 nitrogen and oxygen atoms in total. The van der Waals surface area contributed by atoms with Gasteiger partial charge in [-0.1, -0.05) is 24.3 Å². The van der Waals surface area contributed by atoms with Gasteiger partial charge in [-0.2, -0.15) is 0 Å². The Morgan fingerprint density at radius 2 is 1.80 bits per heavy atom. The standard InChI is InChI=1S/C15H16N4O/c16-9-12-3-1-11(2-4-12)6-8-19-10-18-14-13(15(19)20)5-7-17-14/h1-5,7,10,20H,6,8-9,16H2. The van der Waals surface area contributed by atoms with Crippen LogP contribution in [-0.2, 0) is 19.5 Å². The maximum atomic E-state index is 10.2. The van der Waals surface area contributed by atoms with Gasteiger partial charge in [0.25, 0.3) is 0 Å². The number of hydrogen-bond donors (Lipinski definition) is 2. The Kier molecular flexibility index (Phi) is 3.35. The van der Waals surface area contributed by atoms with Crippen LogP contribution in [0.15, 0.2) is 42.9 Å². The first-order valence-electron chi connectivity index (χ1n) is 6.54. The van der Waals surface area contributed by atoms with Gasteiger partial charge in [0, 0.05) is 19.3 Å². The van der Waals surface area contributed by atoms with E-state index >= 15 is 0 Å². The Labute approximate surface area is 117 Å². The molecule has 0 aliphatic carbocycles. The zero-order valence-electron chi connectivity index (χ0n) is 11.0. The third-order valence-electron chi connectivity index (χ3n) is 3.41. The van der Waals surface area contributed by atoms with Crippen LogP contribution in [0.1, 0.15) is 11.1 Å². The minimum absolute atomic E-state index is 0.214. The van der Waals surface area contributed by atoms with Crippen LogP contribution in [0, 0.1) is 0 Å². The summed E-state index contributed by atoms with van der Waals surface area (Å²) >= 11 is 0. The Balaban J connectivity index is 1.76. The second-order valence-electron chi connectivity index (χ2n) is 4.71. The zero-order chi connectivity index (χ0) is 13.9. The number of fused-ring (bicyclic) bond motifs is 1. The summed E-state index contributed by atoms with van der Waals surface area (Å²) in [6.07, 6.45) is 4.09. The molecule has 0 radical (unpaired) electrons. The predicted molar refractivity (Wildman–Crippen MR) is 76.3 cm³/mol. The van der Waals surface area contributed by atoms with E-state index in [2.05, 4.69) is 22.1 Å². The van der Waals surface area contributed by atoms with Gasteiger partial charge in [-0.25, -0.2) is 9.97 Å². The quantitative estimate of drug-likeness (QED) is 0.756. The number of benzene rings is 1. The summed E-state index contributed by atoms with van der Waals surface area (Å²) in [4.78, 5) is 8.28. The van der Waals surface area contributed by atoms with Gasteiger partial charge in [0.15, 0.2) is 5.82 Å². The number of nitrogens with two attached hydrogens (primary N) is 1. The molecule has 20 heavy (non-hydrogen) atoms. The molecule has 0 fully saturated rings. The number of nitrogens with zero attached hydrogens (tertiary/aromatic N) is 3. The van der Waals surface area contributed by atoms with Crippen LogP contribution in [0.4, 0.5) is 0 Å². The van der Waals surface area contributed by atoms with E-state index in [1.165, 1.54) is 5.56 Å². The highest BCUT2D eigenvalue weighted by Crippen LogP contribution is 2.27. The van der Waals surface area contributed by atoms with Gasteiger partial charge in [-0.15, -0.1) is 0 Å². The fourth-order valence-corrected chi connectivity index (χ4v) is 2.19. The molecular formula is C15H16N4O. The molecule has 0 saturated heterocycles. The molecule has 2 aliphatic rings. The molecule has 1 aromatic carbocycles. The SMILES string of the molecule is NCc1ccc(CCn2cnc3nccc-3c2O)cc1. The monoisotopic (exact) mass is 268 g/mol. The first-order chi connectivity index (χ1) is 9.78. The third-order valence-corrected chi connectivity index (χ3v) is 3.41. The maximum Gasteiger partial charge on any atom is 0.203 e. The number of aromatic nitrogens is 3. The lowest BCUT2D eigenvalue weighted by Crippen LogP contribution is -2.05. The Morgan fingerprint density at radius 1 is 1.05 bits per heavy atom. The molecule has 0 aromatic heterocycles. The molecule has 0 spiro atoms. The molecule has 3 N–H and O–H groups in total. The smallest absolute Gasteiger partial charge is 0.203 e. The minimum Gasteiger partial charge on any atom is -0.494 e. The summed E-state index contributed by atoms with van der Waals surface area (Å²) in [6.45, 7) is 1.22. The van der Waals surface area contributed by atoms with Crippen molar-refractivity contribution in [1.29, 1.82) is 0 Å². The van der Waals surface area contributed by atoms with Gasteiger partial charge in [0.05, 0.1) is 11.9 Å². The molecule has 5 heteroatoms. The zero-order valence-corrected chi connectivity index (χ0v) is 11.0. The van der Waals surface area contributed by atoms with E-state index in [1.807, 2.05) is 12.1 Å². The van der Waals surface area contributed by atoms with E-state index in [0.717, 1.165) is 12.0 Å². The fraction of sp³-hybridized carbons (Fsp3) is 0.200. The normalized spacial score (nSPS) is 11.1. The topological polar surface area (TPSA) is 77.0 Å². The van der Waals surface area contributed by atoms with E-state index in [4.69, 9.17) is 5.73 Å². The number of rotatable bonds is 4. The molecule has 3 rings (SSSR count). The molecule has 102 valence electrons. The van der Waals surface area contributed by atoms with Crippen molar-refractivity contribution < 1.29 is 5.11 Å². The Morgan fingerprint density at radius 3 is 2.55 bits per heavy atom. The van der Waals surface area contributed by atoms with Crippen LogP contribution in [0.3, 0.4) is 0 Å². The second-order valence-corrected chi connectivity index (χ2v) is 4.71. The van der Waals surface area contributed by atoms with Crippen molar-refractivity contribution in [2.24, 2.45) is 5.73 Å². The minimum atomic E-state index is 0.214. The van der Waals surface area contributed by atoms with E-state index in [1.54, 1.807) is 23.2 Å². The summed E-state index contributed by atoms with van der Waals surface area (Å²) in [5, 5.41) is 10.2. The lowest BCUT2D eigenvalue weighted by Gasteiger charge is -2.11. The van der Waals surface area contributed by atoms with Crippen molar-refractivity contribution in [2.45, 2.75) is 19.5 Å². The van der Waals surface area contributed by atoms with Crippen LogP contribution < -0.4 is 5.73 Å². The fourth-order valence-electron chi connectivity index (χ4n) is 2.19. The van der Waals surface area contributed by atoms with Crippen LogP contribution in [0.2, 0.25) is 0 Å².